The van der Waals surface area contributed by atoms with Gasteiger partial charge in [0.2, 0.25) is 0 Å². The van der Waals surface area contributed by atoms with E-state index in [4.69, 9.17) is 5.53 Å². The average molecular weight is 192 g/mol. The number of carbonyl (C=O) groups excluding carboxylic acids is 1. The number of hydrogen-bond acceptors (Lipinski definition) is 2. The van der Waals surface area contributed by atoms with Gasteiger partial charge in [-0.25, -0.2) is 0 Å². The summed E-state index contributed by atoms with van der Waals surface area (Å²) in [7, 11) is 1.53. The van der Waals surface area contributed by atoms with Crippen LogP contribution in [-0.2, 0) is 7.05 Å². The van der Waals surface area contributed by atoms with Crippen LogP contribution in [0.2, 0.25) is 0 Å². The van der Waals surface area contributed by atoms with Gasteiger partial charge >= 0.3 is 0 Å². The lowest BCUT2D eigenvalue weighted by Gasteiger charge is -2.01. The first-order valence-electron chi connectivity index (χ1n) is 3.83. The number of aromatic nitrogens is 1. The van der Waals surface area contributed by atoms with Gasteiger partial charge in [-0.2, -0.15) is 0 Å². The summed E-state index contributed by atoms with van der Waals surface area (Å²) in [6.45, 7) is 1.59. The van der Waals surface area contributed by atoms with E-state index < -0.39 is 5.91 Å². The number of carbonyl (C=O) groups is 1. The van der Waals surface area contributed by atoms with Gasteiger partial charge in [0.25, 0.3) is 11.5 Å². The van der Waals surface area contributed by atoms with E-state index in [1.807, 2.05) is 0 Å². The molecule has 0 N–H and O–H groups in total. The first kappa shape index (κ1) is 10.0. The Bertz CT molecular complexity index is 456. The second-order valence-corrected chi connectivity index (χ2v) is 2.82. The number of hydrogen-bond donors (Lipinski definition) is 0. The van der Waals surface area contributed by atoms with Crippen LogP contribution in [0.5, 0.6) is 0 Å². The Labute approximate surface area is 79.4 Å². The Morgan fingerprint density at radius 1 is 1.64 bits per heavy atom. The van der Waals surface area contributed by atoms with Crippen molar-refractivity contribution in [3.63, 3.8) is 0 Å². The summed E-state index contributed by atoms with van der Waals surface area (Å²) in [6, 6.07) is 1.40. The van der Waals surface area contributed by atoms with Crippen LogP contribution in [0.25, 0.3) is 10.4 Å². The van der Waals surface area contributed by atoms with Crippen molar-refractivity contribution in [1.82, 2.24) is 4.57 Å². The number of nitrogens with zero attached hydrogens (tertiary/aromatic N) is 4. The lowest BCUT2D eigenvalue weighted by molar-refractivity contribution is 0.0999. The zero-order valence-corrected chi connectivity index (χ0v) is 7.76. The standard InChI is InChI=1S/C8H8N4O2/c1-5-3-6(7(13)10-11-9)4-12(2)8(5)14/h3-4H,1-2H3. The van der Waals surface area contributed by atoms with E-state index in [9.17, 15) is 9.59 Å². The monoisotopic (exact) mass is 192 g/mol. The second kappa shape index (κ2) is 3.76. The van der Waals surface area contributed by atoms with Gasteiger partial charge in [0.15, 0.2) is 0 Å². The van der Waals surface area contributed by atoms with E-state index in [1.54, 1.807) is 6.92 Å². The molecule has 0 aliphatic heterocycles. The van der Waals surface area contributed by atoms with Crippen LogP contribution in [0.4, 0.5) is 0 Å². The predicted octanol–water partition coefficient (Wildman–Crippen LogP) is 1.14. The summed E-state index contributed by atoms with van der Waals surface area (Å²) in [5.41, 5.74) is 8.53. The van der Waals surface area contributed by atoms with Crippen LogP contribution in [-0.4, -0.2) is 10.5 Å². The highest BCUT2D eigenvalue weighted by Gasteiger charge is 2.06. The van der Waals surface area contributed by atoms with Gasteiger partial charge in [-0.05, 0) is 23.6 Å². The van der Waals surface area contributed by atoms with E-state index >= 15 is 0 Å². The number of azide groups is 1. The fourth-order valence-corrected chi connectivity index (χ4v) is 1.09. The summed E-state index contributed by atoms with van der Waals surface area (Å²) in [5.74, 6) is -0.689. The lowest BCUT2D eigenvalue weighted by atomic mass is 10.2. The maximum absolute atomic E-state index is 11.2. The van der Waals surface area contributed by atoms with E-state index in [0.29, 0.717) is 5.56 Å². The third-order valence-corrected chi connectivity index (χ3v) is 1.74. The molecule has 1 rings (SSSR count). The van der Waals surface area contributed by atoms with Crippen molar-refractivity contribution in [1.29, 1.82) is 0 Å². The van der Waals surface area contributed by atoms with Gasteiger partial charge in [0, 0.05) is 29.3 Å². The van der Waals surface area contributed by atoms with Gasteiger partial charge < -0.3 is 4.57 Å². The highest BCUT2D eigenvalue weighted by Crippen LogP contribution is 2.01. The van der Waals surface area contributed by atoms with Crippen molar-refractivity contribution in [2.75, 3.05) is 0 Å². The Hall–Kier alpha value is -2.07. The summed E-state index contributed by atoms with van der Waals surface area (Å²) in [6.07, 6.45) is 1.34. The smallest absolute Gasteiger partial charge is 0.253 e. The van der Waals surface area contributed by atoms with E-state index in [1.165, 1.54) is 23.9 Å². The molecule has 0 spiro atoms. The van der Waals surface area contributed by atoms with Crippen molar-refractivity contribution in [2.24, 2.45) is 12.2 Å². The van der Waals surface area contributed by atoms with Crippen molar-refractivity contribution in [2.45, 2.75) is 6.92 Å². The third kappa shape index (κ3) is 1.81. The Balaban J connectivity index is 3.32. The molecule has 1 heterocycles. The van der Waals surface area contributed by atoms with Crippen molar-refractivity contribution >= 4 is 5.91 Å². The first-order chi connectivity index (χ1) is 6.56. The van der Waals surface area contributed by atoms with E-state index in [-0.39, 0.29) is 11.1 Å². The topological polar surface area (TPSA) is 87.8 Å². The third-order valence-electron chi connectivity index (χ3n) is 1.74. The van der Waals surface area contributed by atoms with Crippen LogP contribution in [0, 0.1) is 6.92 Å². The van der Waals surface area contributed by atoms with Crippen LogP contribution >= 0.6 is 0 Å². The molecule has 0 aliphatic rings. The van der Waals surface area contributed by atoms with Crippen molar-refractivity contribution in [3.05, 3.63) is 44.2 Å². The zero-order valence-electron chi connectivity index (χ0n) is 7.76. The van der Waals surface area contributed by atoms with Crippen LogP contribution < -0.4 is 5.56 Å². The van der Waals surface area contributed by atoms with Crippen molar-refractivity contribution in [3.8, 4) is 0 Å². The van der Waals surface area contributed by atoms with Gasteiger partial charge in [0.05, 0.1) is 0 Å². The SMILES string of the molecule is Cc1cc(C(=O)N=[N+]=[N-])cn(C)c1=O. The molecule has 0 saturated heterocycles. The number of aryl methyl sites for hydroxylation is 2. The highest BCUT2D eigenvalue weighted by molar-refractivity contribution is 5.94. The number of pyridine rings is 1. The molecule has 0 unspecified atom stereocenters. The Kier molecular flexibility index (Phi) is 2.69. The molecule has 14 heavy (non-hydrogen) atoms. The molecule has 0 saturated carbocycles. The maximum Gasteiger partial charge on any atom is 0.253 e. The fraction of sp³-hybridized carbons (Fsp3) is 0.250. The molecule has 1 aromatic rings. The maximum atomic E-state index is 11.2. The fourth-order valence-electron chi connectivity index (χ4n) is 1.09. The summed E-state index contributed by atoms with van der Waals surface area (Å²) in [4.78, 5) is 24.8. The molecule has 0 bridgehead atoms. The molecular formula is C8H8N4O2. The minimum Gasteiger partial charge on any atom is -0.318 e. The molecule has 0 fully saturated rings. The van der Waals surface area contributed by atoms with Crippen LogP contribution in [0.3, 0.4) is 0 Å². The van der Waals surface area contributed by atoms with E-state index in [2.05, 4.69) is 10.0 Å². The molecular weight excluding hydrogens is 184 g/mol. The minimum absolute atomic E-state index is 0.178. The molecule has 6 heteroatoms. The van der Waals surface area contributed by atoms with Crippen molar-refractivity contribution < 1.29 is 4.79 Å². The van der Waals surface area contributed by atoms with Gasteiger partial charge in [-0.15, -0.1) is 0 Å². The number of amides is 1. The Morgan fingerprint density at radius 3 is 2.79 bits per heavy atom. The van der Waals surface area contributed by atoms with Gasteiger partial charge in [-0.3, -0.25) is 9.59 Å². The summed E-state index contributed by atoms with van der Waals surface area (Å²) < 4.78 is 1.27. The largest absolute Gasteiger partial charge is 0.318 e. The summed E-state index contributed by atoms with van der Waals surface area (Å²) >= 11 is 0. The zero-order chi connectivity index (χ0) is 10.7. The Morgan fingerprint density at radius 2 is 2.29 bits per heavy atom. The highest BCUT2D eigenvalue weighted by atomic mass is 16.2. The molecule has 72 valence electrons. The predicted molar refractivity (Wildman–Crippen MR) is 49.9 cm³/mol. The number of rotatable bonds is 1. The van der Waals surface area contributed by atoms with E-state index in [0.717, 1.165) is 0 Å². The van der Waals surface area contributed by atoms with Crippen LogP contribution in [0.1, 0.15) is 15.9 Å². The molecule has 0 radical (unpaired) electrons. The molecule has 0 aliphatic carbocycles. The van der Waals surface area contributed by atoms with Crippen LogP contribution in [0.15, 0.2) is 22.2 Å². The average Bonchev–Trinajstić information content (AvgIpc) is 2.13. The molecule has 0 aromatic carbocycles. The van der Waals surface area contributed by atoms with Gasteiger partial charge in [0.1, 0.15) is 0 Å². The molecule has 0 atom stereocenters. The quantitative estimate of drug-likeness (QED) is 0.379. The second-order valence-electron chi connectivity index (χ2n) is 2.82. The molecule has 1 amide bonds. The normalized spacial score (nSPS) is 9.29. The molecule has 1 aromatic heterocycles. The first-order valence-corrected chi connectivity index (χ1v) is 3.83. The summed E-state index contributed by atoms with van der Waals surface area (Å²) in [5, 5.41) is 2.93. The molecule has 6 nitrogen and oxygen atoms in total. The minimum atomic E-state index is -0.689. The lowest BCUT2D eigenvalue weighted by Crippen LogP contribution is -2.20. The van der Waals surface area contributed by atoms with Gasteiger partial charge in [-0.1, -0.05) is 0 Å².